The number of urea groups is 1. The molecule has 0 bridgehead atoms. The van der Waals surface area contributed by atoms with Crippen molar-refractivity contribution in [2.24, 2.45) is 11.3 Å². The Morgan fingerprint density at radius 3 is 2.72 bits per heavy atom. The highest BCUT2D eigenvalue weighted by atomic mass is 16.2. The van der Waals surface area contributed by atoms with Crippen molar-refractivity contribution in [1.29, 1.82) is 5.26 Å². The number of carbonyl (C=O) groups excluding carboxylic acids is 3. The monoisotopic (exact) mass is 396 g/mol. The maximum Gasteiger partial charge on any atom is 0.325 e. The van der Waals surface area contributed by atoms with E-state index in [4.69, 9.17) is 5.26 Å². The molecular formula is C22H28N4O3. The van der Waals surface area contributed by atoms with Crippen molar-refractivity contribution < 1.29 is 14.4 Å². The van der Waals surface area contributed by atoms with Crippen molar-refractivity contribution >= 4 is 17.8 Å². The minimum atomic E-state index is -0.905. The number of benzene rings is 1. The average molecular weight is 396 g/mol. The first-order valence-corrected chi connectivity index (χ1v) is 9.92. The number of hydrogen-bond acceptors (Lipinski definition) is 4. The van der Waals surface area contributed by atoms with Gasteiger partial charge in [-0.05, 0) is 48.3 Å². The van der Waals surface area contributed by atoms with Gasteiger partial charge in [-0.3, -0.25) is 14.5 Å². The maximum atomic E-state index is 13.2. The zero-order valence-corrected chi connectivity index (χ0v) is 17.5. The molecule has 1 heterocycles. The van der Waals surface area contributed by atoms with Crippen molar-refractivity contribution in [3.8, 4) is 6.07 Å². The van der Waals surface area contributed by atoms with Crippen molar-refractivity contribution in [2.75, 3.05) is 13.6 Å². The average Bonchev–Trinajstić information content (AvgIpc) is 2.83. The molecule has 4 amide bonds. The fourth-order valence-corrected chi connectivity index (χ4v) is 5.01. The van der Waals surface area contributed by atoms with E-state index in [1.807, 2.05) is 6.07 Å². The number of nitrogens with one attached hydrogen (secondary N) is 1. The van der Waals surface area contributed by atoms with Crippen LogP contribution in [0.15, 0.2) is 24.3 Å². The molecule has 1 aromatic rings. The van der Waals surface area contributed by atoms with Crippen LogP contribution < -0.4 is 5.32 Å². The number of rotatable bonds is 4. The van der Waals surface area contributed by atoms with Crippen LogP contribution in [0.4, 0.5) is 4.79 Å². The van der Waals surface area contributed by atoms with Gasteiger partial charge in [0.2, 0.25) is 5.91 Å². The summed E-state index contributed by atoms with van der Waals surface area (Å²) in [6.07, 6.45) is 2.18. The smallest absolute Gasteiger partial charge is 0.325 e. The normalized spacial score (nSPS) is 25.6. The van der Waals surface area contributed by atoms with Gasteiger partial charge in [0.1, 0.15) is 12.1 Å². The molecule has 1 aliphatic carbocycles. The van der Waals surface area contributed by atoms with Crippen LogP contribution >= 0.6 is 0 Å². The number of imide groups is 1. The van der Waals surface area contributed by atoms with Crippen LogP contribution in [0.1, 0.15) is 51.2 Å². The lowest BCUT2D eigenvalue weighted by Crippen LogP contribution is -2.54. The summed E-state index contributed by atoms with van der Waals surface area (Å²) in [7, 11) is 1.63. The van der Waals surface area contributed by atoms with Crippen LogP contribution in [-0.2, 0) is 16.1 Å². The molecule has 1 N–H and O–H groups in total. The quantitative estimate of drug-likeness (QED) is 0.792. The fourth-order valence-electron chi connectivity index (χ4n) is 5.01. The van der Waals surface area contributed by atoms with Crippen LogP contribution in [0.2, 0.25) is 0 Å². The van der Waals surface area contributed by atoms with Crippen LogP contribution in [-0.4, -0.2) is 46.8 Å². The van der Waals surface area contributed by atoms with Gasteiger partial charge in [0.15, 0.2) is 0 Å². The molecule has 2 atom stereocenters. The molecule has 1 spiro atoms. The summed E-state index contributed by atoms with van der Waals surface area (Å²) in [6.45, 7) is 6.34. The van der Waals surface area contributed by atoms with Crippen molar-refractivity contribution in [3.63, 3.8) is 0 Å². The molecule has 1 saturated carbocycles. The molecule has 0 radical (unpaired) electrons. The summed E-state index contributed by atoms with van der Waals surface area (Å²) in [5.41, 5.74) is 0.381. The fraction of sp³-hybridized carbons (Fsp3) is 0.545. The summed E-state index contributed by atoms with van der Waals surface area (Å²) in [5, 5.41) is 11.9. The summed E-state index contributed by atoms with van der Waals surface area (Å²) in [6, 6.07) is 8.60. The molecule has 3 rings (SSSR count). The second-order valence-corrected chi connectivity index (χ2v) is 9.32. The van der Waals surface area contributed by atoms with E-state index in [9.17, 15) is 14.4 Å². The highest BCUT2D eigenvalue weighted by molar-refractivity contribution is 6.09. The number of likely N-dealkylation sites (N-methyl/N-ethyl adjacent to an activating group) is 1. The molecule has 7 heteroatoms. The van der Waals surface area contributed by atoms with Gasteiger partial charge in [0.25, 0.3) is 5.91 Å². The molecule has 0 aromatic heterocycles. The molecular weight excluding hydrogens is 368 g/mol. The van der Waals surface area contributed by atoms with E-state index in [2.05, 4.69) is 32.2 Å². The molecule has 2 fully saturated rings. The largest absolute Gasteiger partial charge is 0.340 e. The third-order valence-corrected chi connectivity index (χ3v) is 5.82. The van der Waals surface area contributed by atoms with Crippen LogP contribution in [0.5, 0.6) is 0 Å². The first-order valence-electron chi connectivity index (χ1n) is 9.92. The van der Waals surface area contributed by atoms with E-state index in [-0.39, 0.29) is 23.8 Å². The Labute approximate surface area is 171 Å². The van der Waals surface area contributed by atoms with Gasteiger partial charge in [0.05, 0.1) is 11.6 Å². The van der Waals surface area contributed by atoms with Gasteiger partial charge in [-0.2, -0.15) is 5.26 Å². The Hall–Kier alpha value is -2.88. The van der Waals surface area contributed by atoms with E-state index in [1.165, 1.54) is 4.90 Å². The zero-order chi connectivity index (χ0) is 21.4. The number of hydrogen-bond donors (Lipinski definition) is 1. The predicted octanol–water partition coefficient (Wildman–Crippen LogP) is 2.65. The second-order valence-electron chi connectivity index (χ2n) is 9.32. The molecule has 1 saturated heterocycles. The van der Waals surface area contributed by atoms with E-state index >= 15 is 0 Å². The molecule has 7 nitrogen and oxygen atoms in total. The van der Waals surface area contributed by atoms with Crippen LogP contribution in [0.3, 0.4) is 0 Å². The Morgan fingerprint density at radius 1 is 1.34 bits per heavy atom. The number of carbonyl (C=O) groups is 3. The molecule has 2 aliphatic rings. The minimum absolute atomic E-state index is 0.0524. The topological polar surface area (TPSA) is 93.5 Å². The maximum absolute atomic E-state index is 13.2. The second kappa shape index (κ2) is 7.51. The summed E-state index contributed by atoms with van der Waals surface area (Å²) >= 11 is 0. The molecule has 1 aromatic carbocycles. The Kier molecular flexibility index (Phi) is 5.40. The zero-order valence-electron chi connectivity index (χ0n) is 17.5. The molecule has 1 aliphatic heterocycles. The van der Waals surface area contributed by atoms with Crippen LogP contribution in [0, 0.1) is 22.7 Å². The van der Waals surface area contributed by atoms with Gasteiger partial charge in [-0.15, -0.1) is 0 Å². The standard InChI is InChI=1S/C22H28N4O3/c1-15-9-21(2,3)14-22(10-15)19(28)26(20(29)24-22)13-18(27)25(4)12-17-7-5-6-16(8-17)11-23/h5-8,15H,9-10,12-14H2,1-4H3,(H,24,29). The molecule has 29 heavy (non-hydrogen) atoms. The van der Waals surface area contributed by atoms with Crippen molar-refractivity contribution in [1.82, 2.24) is 15.1 Å². The molecule has 154 valence electrons. The first-order chi connectivity index (χ1) is 13.5. The summed E-state index contributed by atoms with van der Waals surface area (Å²) in [5.74, 6) is -0.305. The predicted molar refractivity (Wildman–Crippen MR) is 107 cm³/mol. The third-order valence-electron chi connectivity index (χ3n) is 5.82. The first kappa shape index (κ1) is 20.8. The Morgan fingerprint density at radius 2 is 2.07 bits per heavy atom. The van der Waals surface area contributed by atoms with E-state index in [0.717, 1.165) is 16.9 Å². The van der Waals surface area contributed by atoms with Crippen molar-refractivity contribution in [2.45, 2.75) is 52.1 Å². The Bertz CT molecular complexity index is 888. The van der Waals surface area contributed by atoms with Gasteiger partial charge in [-0.1, -0.05) is 32.9 Å². The lowest BCUT2D eigenvalue weighted by molar-refractivity contribution is -0.140. The Balaban J connectivity index is 1.69. The van der Waals surface area contributed by atoms with Gasteiger partial charge in [0, 0.05) is 13.6 Å². The lowest BCUT2D eigenvalue weighted by Gasteiger charge is -2.43. The van der Waals surface area contributed by atoms with Gasteiger partial charge >= 0.3 is 6.03 Å². The molecule has 2 unspecified atom stereocenters. The van der Waals surface area contributed by atoms with Gasteiger partial charge < -0.3 is 10.2 Å². The van der Waals surface area contributed by atoms with E-state index in [0.29, 0.717) is 30.9 Å². The summed E-state index contributed by atoms with van der Waals surface area (Å²) in [4.78, 5) is 40.9. The minimum Gasteiger partial charge on any atom is -0.340 e. The van der Waals surface area contributed by atoms with E-state index < -0.39 is 11.6 Å². The highest BCUT2D eigenvalue weighted by Crippen LogP contribution is 2.46. The number of amides is 4. The number of nitrogens with zero attached hydrogens (tertiary/aromatic N) is 3. The van der Waals surface area contributed by atoms with Crippen molar-refractivity contribution in [3.05, 3.63) is 35.4 Å². The third kappa shape index (κ3) is 4.26. The van der Waals surface area contributed by atoms with Gasteiger partial charge in [-0.25, -0.2) is 4.79 Å². The van der Waals surface area contributed by atoms with E-state index in [1.54, 1.807) is 25.2 Å². The van der Waals surface area contributed by atoms with Crippen LogP contribution in [0.25, 0.3) is 0 Å². The number of nitriles is 1. The highest BCUT2D eigenvalue weighted by Gasteiger charge is 2.56. The summed E-state index contributed by atoms with van der Waals surface area (Å²) < 4.78 is 0. The SMILES string of the molecule is CC1CC(C)(C)CC2(C1)NC(=O)N(CC(=O)N(C)Cc1cccc(C#N)c1)C2=O. The lowest BCUT2D eigenvalue weighted by atomic mass is 9.64.